The highest BCUT2D eigenvalue weighted by molar-refractivity contribution is 5.71. The second-order valence-corrected chi connectivity index (χ2v) is 23.7. The van der Waals surface area contributed by atoms with Gasteiger partial charge in [0.1, 0.15) is 13.2 Å². The van der Waals surface area contributed by atoms with Crippen molar-refractivity contribution in [3.05, 3.63) is 97.2 Å². The maximum Gasteiger partial charge on any atom is 0.306 e. The number of unbranched alkanes of at least 4 members (excludes halogenated alkanes) is 38. The Kier molecular flexibility index (Phi) is 67.7. The third kappa shape index (κ3) is 69.0. The van der Waals surface area contributed by atoms with Crippen LogP contribution in [0.2, 0.25) is 0 Å². The van der Waals surface area contributed by atoms with E-state index in [0.29, 0.717) is 19.3 Å². The van der Waals surface area contributed by atoms with Crippen molar-refractivity contribution in [2.75, 3.05) is 13.2 Å². The molecule has 0 aromatic carbocycles. The van der Waals surface area contributed by atoms with Crippen molar-refractivity contribution < 1.29 is 28.6 Å². The molecule has 0 aromatic rings. The molecule has 0 aliphatic carbocycles. The van der Waals surface area contributed by atoms with Crippen LogP contribution in [0.3, 0.4) is 0 Å². The van der Waals surface area contributed by atoms with Crippen LogP contribution in [0.25, 0.3) is 0 Å². The van der Waals surface area contributed by atoms with Gasteiger partial charge in [-0.15, -0.1) is 0 Å². The average molecular weight is 1160 g/mol. The molecule has 0 saturated carbocycles. The first-order valence-corrected chi connectivity index (χ1v) is 35.7. The SMILES string of the molecule is CC/C=C\C/C=C\C/C=C\C/C=C\CCCCCCCCCCCCCCC(=O)OC(COC(=O)CCCCC/C=C\C/C=C\C/C=C\CC)COC(=O)CCCCCCCCCCCCCCCCC/C=C\CCCCCCCCCC. The van der Waals surface area contributed by atoms with E-state index in [1.165, 1.54) is 205 Å². The highest BCUT2D eigenvalue weighted by atomic mass is 16.6. The Morgan fingerprint density at radius 3 is 0.759 bits per heavy atom. The number of carbonyl (C=O) groups excluding carboxylic acids is 3. The van der Waals surface area contributed by atoms with Gasteiger partial charge < -0.3 is 14.2 Å². The molecule has 0 aromatic heterocycles. The predicted octanol–water partition coefficient (Wildman–Crippen LogP) is 24.8. The first-order valence-electron chi connectivity index (χ1n) is 35.7. The molecule has 0 N–H and O–H groups in total. The zero-order chi connectivity index (χ0) is 59.9. The number of rotatable bonds is 65. The molecule has 0 spiro atoms. The van der Waals surface area contributed by atoms with E-state index in [9.17, 15) is 14.4 Å². The summed E-state index contributed by atoms with van der Waals surface area (Å²) in [5.41, 5.74) is 0. The topological polar surface area (TPSA) is 78.9 Å². The lowest BCUT2D eigenvalue weighted by Crippen LogP contribution is -2.30. The highest BCUT2D eigenvalue weighted by Gasteiger charge is 2.19. The lowest BCUT2D eigenvalue weighted by atomic mass is 10.0. The number of esters is 3. The van der Waals surface area contributed by atoms with Crippen LogP contribution in [0.5, 0.6) is 0 Å². The fourth-order valence-electron chi connectivity index (χ4n) is 10.3. The monoisotopic (exact) mass is 1160 g/mol. The molecule has 6 heteroatoms. The Morgan fingerprint density at radius 2 is 0.470 bits per heavy atom. The number of hydrogen-bond acceptors (Lipinski definition) is 6. The standard InChI is InChI=1S/C77H134O6/c1-4-7-10-13-16-19-22-25-27-29-31-33-35-37-38-40-41-43-45-47-49-52-55-58-61-64-67-70-76(79)82-73-74(72-81-75(78)69-66-63-60-57-54-51-24-21-18-15-12-9-6-3)83-77(80)71-68-65-62-59-56-53-50-48-46-44-42-39-36-34-32-30-28-26-23-20-17-14-11-8-5-2/h8-9,11-12,17-18,20-21,26,28-29,31-32,34,51,54,74H,4-7,10,13-16,19,22-25,27,30,33,35-50,52-53,55-73H2,1-3H3/b11-8-,12-9-,20-17-,21-18-,28-26-,31-29-,34-32-,54-51-. The molecule has 6 nitrogen and oxygen atoms in total. The zero-order valence-corrected chi connectivity index (χ0v) is 54.9. The van der Waals surface area contributed by atoms with Crippen LogP contribution in [0.15, 0.2) is 97.2 Å². The number of carbonyl (C=O) groups is 3. The zero-order valence-electron chi connectivity index (χ0n) is 54.9. The van der Waals surface area contributed by atoms with Gasteiger partial charge in [0, 0.05) is 19.3 Å². The van der Waals surface area contributed by atoms with Crippen molar-refractivity contribution >= 4 is 17.9 Å². The van der Waals surface area contributed by atoms with Crippen LogP contribution in [-0.4, -0.2) is 37.2 Å². The molecule has 0 aliphatic rings. The quantitative estimate of drug-likeness (QED) is 0.0261. The predicted molar refractivity (Wildman–Crippen MR) is 362 cm³/mol. The van der Waals surface area contributed by atoms with E-state index in [4.69, 9.17) is 14.2 Å². The second kappa shape index (κ2) is 70.8. The van der Waals surface area contributed by atoms with Gasteiger partial charge in [-0.05, 0) is 116 Å². The van der Waals surface area contributed by atoms with Gasteiger partial charge in [-0.25, -0.2) is 0 Å². The number of hydrogen-bond donors (Lipinski definition) is 0. The summed E-state index contributed by atoms with van der Waals surface area (Å²) >= 11 is 0. The number of ether oxygens (including phenoxy) is 3. The van der Waals surface area contributed by atoms with Gasteiger partial charge in [0.25, 0.3) is 0 Å². The van der Waals surface area contributed by atoms with Crippen LogP contribution in [0, 0.1) is 0 Å². The lowest BCUT2D eigenvalue weighted by Gasteiger charge is -2.18. The van der Waals surface area contributed by atoms with E-state index < -0.39 is 6.10 Å². The van der Waals surface area contributed by atoms with E-state index in [2.05, 4.69) is 118 Å². The molecule has 0 fully saturated rings. The largest absolute Gasteiger partial charge is 0.462 e. The van der Waals surface area contributed by atoms with Gasteiger partial charge in [0.2, 0.25) is 0 Å². The molecule has 0 bridgehead atoms. The first kappa shape index (κ1) is 79.3. The van der Waals surface area contributed by atoms with Crippen molar-refractivity contribution in [1.82, 2.24) is 0 Å². The molecule has 1 unspecified atom stereocenters. The maximum absolute atomic E-state index is 13.0. The normalized spacial score (nSPS) is 12.7. The van der Waals surface area contributed by atoms with E-state index in [-0.39, 0.29) is 31.1 Å². The second-order valence-electron chi connectivity index (χ2n) is 23.7. The minimum Gasteiger partial charge on any atom is -0.462 e. The van der Waals surface area contributed by atoms with Crippen molar-refractivity contribution in [2.24, 2.45) is 0 Å². The van der Waals surface area contributed by atoms with E-state index in [0.717, 1.165) is 109 Å². The molecule has 0 radical (unpaired) electrons. The molecule has 83 heavy (non-hydrogen) atoms. The summed E-state index contributed by atoms with van der Waals surface area (Å²) in [7, 11) is 0. The molecule has 0 amide bonds. The summed E-state index contributed by atoms with van der Waals surface area (Å²) in [4.78, 5) is 38.4. The van der Waals surface area contributed by atoms with Crippen molar-refractivity contribution in [3.63, 3.8) is 0 Å². The van der Waals surface area contributed by atoms with Crippen LogP contribution in [0.1, 0.15) is 355 Å². The van der Waals surface area contributed by atoms with Crippen LogP contribution < -0.4 is 0 Å². The Balaban J connectivity index is 4.26. The minimum atomic E-state index is -0.792. The summed E-state index contributed by atoms with van der Waals surface area (Å²) in [6.45, 7) is 6.43. The van der Waals surface area contributed by atoms with E-state index in [1.54, 1.807) is 0 Å². The van der Waals surface area contributed by atoms with Gasteiger partial charge in [0.15, 0.2) is 6.10 Å². The Labute approximate surface area is 515 Å². The molecule has 0 aliphatic heterocycles. The third-order valence-electron chi connectivity index (χ3n) is 15.6. The summed E-state index contributed by atoms with van der Waals surface area (Å²) in [6, 6.07) is 0. The molecular weight excluding hydrogens is 1020 g/mol. The van der Waals surface area contributed by atoms with Crippen molar-refractivity contribution in [2.45, 2.75) is 361 Å². The van der Waals surface area contributed by atoms with Gasteiger partial charge in [0.05, 0.1) is 0 Å². The molecular formula is C77H134O6. The maximum atomic E-state index is 13.0. The van der Waals surface area contributed by atoms with Crippen molar-refractivity contribution in [3.8, 4) is 0 Å². The Bertz CT molecular complexity index is 1610. The smallest absolute Gasteiger partial charge is 0.306 e. The van der Waals surface area contributed by atoms with Gasteiger partial charge in [-0.2, -0.15) is 0 Å². The Morgan fingerprint density at radius 1 is 0.253 bits per heavy atom. The molecule has 1 atom stereocenters. The fraction of sp³-hybridized carbons (Fsp3) is 0.753. The van der Waals surface area contributed by atoms with E-state index in [1.807, 2.05) is 0 Å². The van der Waals surface area contributed by atoms with E-state index >= 15 is 0 Å². The third-order valence-corrected chi connectivity index (χ3v) is 15.6. The van der Waals surface area contributed by atoms with Gasteiger partial charge in [-0.3, -0.25) is 14.4 Å². The summed E-state index contributed by atoms with van der Waals surface area (Å²) in [5.74, 6) is -0.902. The lowest BCUT2D eigenvalue weighted by molar-refractivity contribution is -0.167. The fourth-order valence-corrected chi connectivity index (χ4v) is 10.3. The summed E-state index contributed by atoms with van der Waals surface area (Å²) < 4.78 is 17.0. The molecule has 0 saturated heterocycles. The average Bonchev–Trinajstić information content (AvgIpc) is 3.49. The highest BCUT2D eigenvalue weighted by Crippen LogP contribution is 2.18. The van der Waals surface area contributed by atoms with Crippen molar-refractivity contribution in [1.29, 1.82) is 0 Å². The summed E-state index contributed by atoms with van der Waals surface area (Å²) in [5, 5.41) is 0. The molecule has 478 valence electrons. The van der Waals surface area contributed by atoms with Crippen LogP contribution >= 0.6 is 0 Å². The van der Waals surface area contributed by atoms with Gasteiger partial charge >= 0.3 is 17.9 Å². The van der Waals surface area contributed by atoms with Gasteiger partial charge in [-0.1, -0.05) is 317 Å². The van der Waals surface area contributed by atoms with Crippen LogP contribution in [-0.2, 0) is 28.6 Å². The van der Waals surface area contributed by atoms with Crippen LogP contribution in [0.4, 0.5) is 0 Å². The first-order chi connectivity index (χ1) is 41.0. The number of allylic oxidation sites excluding steroid dienone is 16. The summed E-state index contributed by atoms with van der Waals surface area (Å²) in [6.07, 6.45) is 95.9. The Hall–Kier alpha value is -3.67. The molecule has 0 heterocycles. The molecule has 0 rings (SSSR count). The minimum absolute atomic E-state index is 0.0851.